The zero-order chi connectivity index (χ0) is 15.8. The SMILES string of the molecule is COCCNCC(=O)NCc1ccc(-n2ccnc2)c(F)c1.Cl.Cl. The number of amides is 1. The molecule has 0 bridgehead atoms. The van der Waals surface area contributed by atoms with Gasteiger partial charge in [-0.2, -0.15) is 0 Å². The van der Waals surface area contributed by atoms with E-state index in [0.717, 1.165) is 0 Å². The Bertz CT molecular complexity index is 612. The number of hydrogen-bond donors (Lipinski definition) is 2. The van der Waals surface area contributed by atoms with Crippen LogP contribution in [0.4, 0.5) is 4.39 Å². The van der Waals surface area contributed by atoms with E-state index in [1.807, 2.05) is 0 Å². The fourth-order valence-corrected chi connectivity index (χ4v) is 1.91. The van der Waals surface area contributed by atoms with Crippen LogP contribution in [0.3, 0.4) is 0 Å². The zero-order valence-corrected chi connectivity index (χ0v) is 14.8. The van der Waals surface area contributed by atoms with Gasteiger partial charge in [0.1, 0.15) is 5.82 Å². The van der Waals surface area contributed by atoms with Crippen molar-refractivity contribution in [3.05, 3.63) is 48.3 Å². The molecule has 0 saturated carbocycles. The normalized spacial score (nSPS) is 9.75. The van der Waals surface area contributed by atoms with Crippen LogP contribution in [0.25, 0.3) is 5.69 Å². The number of rotatable bonds is 8. The molecule has 2 rings (SSSR count). The van der Waals surface area contributed by atoms with Gasteiger partial charge in [-0.3, -0.25) is 4.79 Å². The van der Waals surface area contributed by atoms with E-state index in [-0.39, 0.29) is 49.6 Å². The Balaban J connectivity index is 0.00000264. The minimum atomic E-state index is -0.358. The predicted molar refractivity (Wildman–Crippen MR) is 94.6 cm³/mol. The summed E-state index contributed by atoms with van der Waals surface area (Å²) >= 11 is 0. The van der Waals surface area contributed by atoms with Crippen molar-refractivity contribution in [1.82, 2.24) is 20.2 Å². The third-order valence-corrected chi connectivity index (χ3v) is 3.05. The second-order valence-electron chi connectivity index (χ2n) is 4.70. The molecule has 0 spiro atoms. The van der Waals surface area contributed by atoms with Crippen LogP contribution in [0.15, 0.2) is 36.9 Å². The number of hydrogen-bond acceptors (Lipinski definition) is 4. The number of nitrogens with zero attached hydrogens (tertiary/aromatic N) is 2. The third-order valence-electron chi connectivity index (χ3n) is 3.05. The van der Waals surface area contributed by atoms with Crippen molar-refractivity contribution < 1.29 is 13.9 Å². The van der Waals surface area contributed by atoms with E-state index in [9.17, 15) is 9.18 Å². The van der Waals surface area contributed by atoms with E-state index in [1.54, 1.807) is 36.2 Å². The fraction of sp³-hybridized carbons (Fsp3) is 0.333. The maximum absolute atomic E-state index is 14.0. The van der Waals surface area contributed by atoms with Gasteiger partial charge in [-0.1, -0.05) is 6.07 Å². The molecular weight excluding hydrogens is 358 g/mol. The first kappa shape index (κ1) is 22.3. The summed E-state index contributed by atoms with van der Waals surface area (Å²) in [6, 6.07) is 4.85. The number of benzene rings is 1. The van der Waals surface area contributed by atoms with E-state index in [4.69, 9.17) is 4.74 Å². The number of carbonyl (C=O) groups excluding carboxylic acids is 1. The van der Waals surface area contributed by atoms with E-state index >= 15 is 0 Å². The van der Waals surface area contributed by atoms with Gasteiger partial charge in [0, 0.05) is 32.6 Å². The maximum atomic E-state index is 14.0. The van der Waals surface area contributed by atoms with Crippen LogP contribution in [-0.2, 0) is 16.1 Å². The van der Waals surface area contributed by atoms with Crippen molar-refractivity contribution in [3.63, 3.8) is 0 Å². The molecule has 6 nitrogen and oxygen atoms in total. The molecule has 0 radical (unpaired) electrons. The molecule has 9 heteroatoms. The lowest BCUT2D eigenvalue weighted by Gasteiger charge is -2.09. The van der Waals surface area contributed by atoms with Crippen LogP contribution in [-0.4, -0.2) is 42.3 Å². The van der Waals surface area contributed by atoms with Gasteiger partial charge in [0.25, 0.3) is 0 Å². The summed E-state index contributed by atoms with van der Waals surface area (Å²) in [5.74, 6) is -0.502. The summed E-state index contributed by atoms with van der Waals surface area (Å²) in [5, 5.41) is 5.67. The third kappa shape index (κ3) is 6.84. The van der Waals surface area contributed by atoms with Gasteiger partial charge in [-0.15, -0.1) is 24.8 Å². The lowest BCUT2D eigenvalue weighted by molar-refractivity contribution is -0.120. The molecule has 0 fully saturated rings. The number of methoxy groups -OCH3 is 1. The van der Waals surface area contributed by atoms with Gasteiger partial charge in [0.15, 0.2) is 0 Å². The van der Waals surface area contributed by atoms with Crippen LogP contribution < -0.4 is 10.6 Å². The fourth-order valence-electron chi connectivity index (χ4n) is 1.91. The van der Waals surface area contributed by atoms with Crippen molar-refractivity contribution in [1.29, 1.82) is 0 Å². The monoisotopic (exact) mass is 378 g/mol. The summed E-state index contributed by atoms with van der Waals surface area (Å²) in [5.41, 5.74) is 1.13. The predicted octanol–water partition coefficient (Wildman–Crippen LogP) is 1.71. The number of aromatic nitrogens is 2. The molecule has 0 aliphatic heterocycles. The topological polar surface area (TPSA) is 68.2 Å². The highest BCUT2D eigenvalue weighted by Gasteiger charge is 2.06. The lowest BCUT2D eigenvalue weighted by atomic mass is 10.2. The Labute approximate surface area is 152 Å². The van der Waals surface area contributed by atoms with Gasteiger partial charge in [-0.25, -0.2) is 9.37 Å². The molecule has 2 aromatic rings. The molecule has 1 heterocycles. The molecular formula is C15H21Cl2FN4O2. The molecule has 0 saturated heterocycles. The van der Waals surface area contributed by atoms with Gasteiger partial charge < -0.3 is 19.9 Å². The Morgan fingerprint density at radius 1 is 1.38 bits per heavy atom. The Kier molecular flexibility index (Phi) is 11.0. The van der Waals surface area contributed by atoms with E-state index in [2.05, 4.69) is 15.6 Å². The first-order valence-electron chi connectivity index (χ1n) is 6.94. The standard InChI is InChI=1S/C15H19FN4O2.2ClH/c1-22-7-5-17-10-15(21)19-9-12-2-3-14(13(16)8-12)20-6-4-18-11-20;;/h2-4,6,8,11,17H,5,7,9-10H2,1H3,(H,19,21);2*1H. The summed E-state index contributed by atoms with van der Waals surface area (Å²) in [7, 11) is 1.60. The van der Waals surface area contributed by atoms with Crippen molar-refractivity contribution >= 4 is 30.7 Å². The van der Waals surface area contributed by atoms with Gasteiger partial charge >= 0.3 is 0 Å². The number of imidazole rings is 1. The van der Waals surface area contributed by atoms with E-state index in [0.29, 0.717) is 24.4 Å². The van der Waals surface area contributed by atoms with Crippen LogP contribution in [0.5, 0.6) is 0 Å². The highest BCUT2D eigenvalue weighted by molar-refractivity contribution is 5.85. The first-order chi connectivity index (χ1) is 10.7. The Morgan fingerprint density at radius 2 is 2.17 bits per heavy atom. The second kappa shape index (κ2) is 11.8. The van der Waals surface area contributed by atoms with Gasteiger partial charge in [0.05, 0.1) is 25.2 Å². The summed E-state index contributed by atoms with van der Waals surface area (Å²) < 4.78 is 20.5. The summed E-state index contributed by atoms with van der Waals surface area (Å²) in [6.07, 6.45) is 4.79. The summed E-state index contributed by atoms with van der Waals surface area (Å²) in [6.45, 7) is 1.65. The van der Waals surface area contributed by atoms with Crippen molar-refractivity contribution in [2.24, 2.45) is 0 Å². The number of ether oxygens (including phenoxy) is 1. The number of nitrogens with one attached hydrogen (secondary N) is 2. The van der Waals surface area contributed by atoms with Gasteiger partial charge in [0.2, 0.25) is 5.91 Å². The average molecular weight is 379 g/mol. The van der Waals surface area contributed by atoms with E-state index < -0.39 is 0 Å². The smallest absolute Gasteiger partial charge is 0.234 e. The van der Waals surface area contributed by atoms with E-state index in [1.165, 1.54) is 12.4 Å². The zero-order valence-electron chi connectivity index (χ0n) is 13.2. The Hall–Kier alpha value is -1.67. The number of carbonyl (C=O) groups is 1. The number of halogens is 3. The molecule has 0 unspecified atom stereocenters. The van der Waals surface area contributed by atoms with Crippen molar-refractivity contribution in [2.75, 3.05) is 26.8 Å². The first-order valence-corrected chi connectivity index (χ1v) is 6.94. The quantitative estimate of drug-likeness (QED) is 0.686. The van der Waals surface area contributed by atoms with Crippen molar-refractivity contribution in [3.8, 4) is 5.69 Å². The van der Waals surface area contributed by atoms with Crippen LogP contribution in [0.1, 0.15) is 5.56 Å². The molecule has 0 aliphatic rings. The lowest BCUT2D eigenvalue weighted by Crippen LogP contribution is -2.34. The highest BCUT2D eigenvalue weighted by atomic mass is 35.5. The Morgan fingerprint density at radius 3 is 2.79 bits per heavy atom. The summed E-state index contributed by atoms with van der Waals surface area (Å²) in [4.78, 5) is 15.5. The molecule has 2 N–H and O–H groups in total. The highest BCUT2D eigenvalue weighted by Crippen LogP contribution is 2.14. The molecule has 0 aliphatic carbocycles. The largest absolute Gasteiger partial charge is 0.383 e. The molecule has 1 aromatic carbocycles. The average Bonchev–Trinajstić information content (AvgIpc) is 3.04. The second-order valence-corrected chi connectivity index (χ2v) is 4.70. The maximum Gasteiger partial charge on any atom is 0.234 e. The van der Waals surface area contributed by atoms with Crippen LogP contribution in [0, 0.1) is 5.82 Å². The van der Waals surface area contributed by atoms with Crippen LogP contribution in [0.2, 0.25) is 0 Å². The van der Waals surface area contributed by atoms with Crippen molar-refractivity contribution in [2.45, 2.75) is 6.54 Å². The van der Waals surface area contributed by atoms with Gasteiger partial charge in [-0.05, 0) is 17.7 Å². The molecule has 24 heavy (non-hydrogen) atoms. The minimum Gasteiger partial charge on any atom is -0.383 e. The molecule has 1 amide bonds. The minimum absolute atomic E-state index is 0. The molecule has 134 valence electrons. The molecule has 0 atom stereocenters. The molecule has 1 aromatic heterocycles. The van der Waals surface area contributed by atoms with Crippen LogP contribution >= 0.6 is 24.8 Å².